The molecule has 5 heteroatoms. The SMILES string of the molecule is Cl.O=C(C1CCCN1)N1CCC(c2ccc(O)cc2)CC1. The normalized spacial score (nSPS) is 22.9. The van der Waals surface area contributed by atoms with Crippen molar-refractivity contribution in [1.82, 2.24) is 10.2 Å². The van der Waals surface area contributed by atoms with Crippen LogP contribution in [0.3, 0.4) is 0 Å². The molecule has 2 heterocycles. The van der Waals surface area contributed by atoms with E-state index < -0.39 is 0 Å². The van der Waals surface area contributed by atoms with Crippen molar-refractivity contribution in [3.63, 3.8) is 0 Å². The quantitative estimate of drug-likeness (QED) is 0.881. The summed E-state index contributed by atoms with van der Waals surface area (Å²) in [5.74, 6) is 1.11. The Labute approximate surface area is 131 Å². The number of carbonyl (C=O) groups excluding carboxylic acids is 1. The molecule has 21 heavy (non-hydrogen) atoms. The number of nitrogens with zero attached hydrogens (tertiary/aromatic N) is 1. The first-order chi connectivity index (χ1) is 9.74. The first-order valence-corrected chi connectivity index (χ1v) is 7.55. The molecule has 1 unspecified atom stereocenters. The van der Waals surface area contributed by atoms with Gasteiger partial charge in [-0.2, -0.15) is 0 Å². The van der Waals surface area contributed by atoms with Crippen LogP contribution in [0.2, 0.25) is 0 Å². The van der Waals surface area contributed by atoms with E-state index in [0.717, 1.165) is 45.3 Å². The molecule has 0 aliphatic carbocycles. The minimum atomic E-state index is 0. The average molecular weight is 311 g/mol. The highest BCUT2D eigenvalue weighted by Gasteiger charge is 2.30. The predicted octanol–water partition coefficient (Wildman–Crippen LogP) is 2.27. The van der Waals surface area contributed by atoms with Gasteiger partial charge in [-0.3, -0.25) is 4.79 Å². The van der Waals surface area contributed by atoms with E-state index in [9.17, 15) is 9.90 Å². The van der Waals surface area contributed by atoms with Gasteiger partial charge in [0.1, 0.15) is 5.75 Å². The fraction of sp³-hybridized carbons (Fsp3) is 0.562. The molecule has 1 aromatic rings. The molecular formula is C16H23ClN2O2. The van der Waals surface area contributed by atoms with Gasteiger partial charge >= 0.3 is 0 Å². The van der Waals surface area contributed by atoms with Crippen LogP contribution in [0.1, 0.15) is 37.2 Å². The molecule has 116 valence electrons. The van der Waals surface area contributed by atoms with Gasteiger partial charge in [0.15, 0.2) is 0 Å². The molecule has 2 aliphatic rings. The largest absolute Gasteiger partial charge is 0.508 e. The smallest absolute Gasteiger partial charge is 0.239 e. The van der Waals surface area contributed by atoms with E-state index in [0.29, 0.717) is 11.7 Å². The molecule has 0 saturated carbocycles. The van der Waals surface area contributed by atoms with Gasteiger partial charge in [0.05, 0.1) is 6.04 Å². The lowest BCUT2D eigenvalue weighted by atomic mass is 9.89. The lowest BCUT2D eigenvalue weighted by Gasteiger charge is -2.33. The summed E-state index contributed by atoms with van der Waals surface area (Å²) in [6.07, 6.45) is 4.13. The number of hydrogen-bond acceptors (Lipinski definition) is 3. The molecule has 1 amide bonds. The average Bonchev–Trinajstić information content (AvgIpc) is 3.02. The van der Waals surface area contributed by atoms with Gasteiger partial charge in [-0.1, -0.05) is 12.1 Å². The van der Waals surface area contributed by atoms with Crippen LogP contribution in [0.15, 0.2) is 24.3 Å². The van der Waals surface area contributed by atoms with Crippen molar-refractivity contribution < 1.29 is 9.90 Å². The zero-order valence-electron chi connectivity index (χ0n) is 12.1. The first kappa shape index (κ1) is 16.1. The maximum atomic E-state index is 12.3. The summed E-state index contributed by atoms with van der Waals surface area (Å²) in [4.78, 5) is 14.3. The Hall–Kier alpha value is -1.26. The summed E-state index contributed by atoms with van der Waals surface area (Å²) in [5.41, 5.74) is 1.27. The number of carbonyl (C=O) groups is 1. The number of benzene rings is 1. The number of phenols is 1. The third-order valence-corrected chi connectivity index (χ3v) is 4.53. The minimum Gasteiger partial charge on any atom is -0.508 e. The standard InChI is InChI=1S/C16H22N2O2.ClH/c19-14-5-3-12(4-6-14)13-7-10-18(11-8-13)16(20)15-2-1-9-17-15;/h3-6,13,15,17,19H,1-2,7-11H2;1H. The van der Waals surface area contributed by atoms with Crippen LogP contribution in [0.5, 0.6) is 5.75 Å². The van der Waals surface area contributed by atoms with Gasteiger partial charge in [-0.05, 0) is 55.8 Å². The van der Waals surface area contributed by atoms with E-state index in [4.69, 9.17) is 0 Å². The van der Waals surface area contributed by atoms with Gasteiger partial charge in [0.25, 0.3) is 0 Å². The Morgan fingerprint density at radius 2 is 1.81 bits per heavy atom. The van der Waals surface area contributed by atoms with Crippen molar-refractivity contribution in [2.24, 2.45) is 0 Å². The highest BCUT2D eigenvalue weighted by molar-refractivity contribution is 5.85. The number of hydrogen-bond donors (Lipinski definition) is 2. The van der Waals surface area contributed by atoms with Gasteiger partial charge in [0.2, 0.25) is 5.91 Å². The van der Waals surface area contributed by atoms with Gasteiger partial charge in [-0.15, -0.1) is 12.4 Å². The summed E-state index contributed by atoms with van der Waals surface area (Å²) in [6.45, 7) is 2.67. The number of aromatic hydroxyl groups is 1. The maximum Gasteiger partial charge on any atom is 0.239 e. The number of likely N-dealkylation sites (tertiary alicyclic amines) is 1. The minimum absolute atomic E-state index is 0. The Kier molecular flexibility index (Phi) is 5.48. The molecule has 2 fully saturated rings. The van der Waals surface area contributed by atoms with Gasteiger partial charge in [0, 0.05) is 13.1 Å². The lowest BCUT2D eigenvalue weighted by molar-refractivity contribution is -0.134. The molecule has 0 spiro atoms. The van der Waals surface area contributed by atoms with Crippen LogP contribution in [0, 0.1) is 0 Å². The zero-order valence-corrected chi connectivity index (χ0v) is 12.9. The van der Waals surface area contributed by atoms with Crippen LogP contribution in [0.4, 0.5) is 0 Å². The molecule has 0 radical (unpaired) electrons. The number of rotatable bonds is 2. The summed E-state index contributed by atoms with van der Waals surface area (Å²) in [5, 5.41) is 12.6. The topological polar surface area (TPSA) is 52.6 Å². The van der Waals surface area contributed by atoms with Crippen LogP contribution in [-0.4, -0.2) is 41.6 Å². The zero-order chi connectivity index (χ0) is 13.9. The van der Waals surface area contributed by atoms with Crippen LogP contribution >= 0.6 is 12.4 Å². The number of nitrogens with one attached hydrogen (secondary N) is 1. The lowest BCUT2D eigenvalue weighted by Crippen LogP contribution is -2.46. The molecule has 3 rings (SSSR count). The number of amides is 1. The van der Waals surface area contributed by atoms with Gasteiger partial charge in [-0.25, -0.2) is 0 Å². The second-order valence-corrected chi connectivity index (χ2v) is 5.84. The first-order valence-electron chi connectivity index (χ1n) is 7.55. The Morgan fingerprint density at radius 3 is 2.38 bits per heavy atom. The van der Waals surface area contributed by atoms with E-state index in [1.54, 1.807) is 12.1 Å². The monoisotopic (exact) mass is 310 g/mol. The van der Waals surface area contributed by atoms with E-state index in [1.165, 1.54) is 5.56 Å². The van der Waals surface area contributed by atoms with E-state index in [2.05, 4.69) is 5.32 Å². The molecule has 2 saturated heterocycles. The Balaban J connectivity index is 0.00000161. The number of phenolic OH excluding ortho intramolecular Hbond substituents is 1. The van der Waals surface area contributed by atoms with Crippen molar-refractivity contribution >= 4 is 18.3 Å². The number of halogens is 1. The molecule has 0 bridgehead atoms. The maximum absolute atomic E-state index is 12.3. The van der Waals surface area contributed by atoms with Crippen molar-refractivity contribution in [2.75, 3.05) is 19.6 Å². The third kappa shape index (κ3) is 3.69. The van der Waals surface area contributed by atoms with Crippen LogP contribution in [0.25, 0.3) is 0 Å². The fourth-order valence-electron chi connectivity index (χ4n) is 3.30. The second-order valence-electron chi connectivity index (χ2n) is 5.84. The number of piperidine rings is 1. The van der Waals surface area contributed by atoms with E-state index in [-0.39, 0.29) is 24.4 Å². The summed E-state index contributed by atoms with van der Waals surface area (Å²) in [7, 11) is 0. The van der Waals surface area contributed by atoms with E-state index >= 15 is 0 Å². The summed E-state index contributed by atoms with van der Waals surface area (Å²) >= 11 is 0. The van der Waals surface area contributed by atoms with Crippen molar-refractivity contribution in [3.05, 3.63) is 29.8 Å². The second kappa shape index (κ2) is 7.14. The predicted molar refractivity (Wildman–Crippen MR) is 84.9 cm³/mol. The highest BCUT2D eigenvalue weighted by Crippen LogP contribution is 2.29. The molecule has 1 aromatic carbocycles. The van der Waals surface area contributed by atoms with Gasteiger partial charge < -0.3 is 15.3 Å². The van der Waals surface area contributed by atoms with Crippen molar-refractivity contribution in [1.29, 1.82) is 0 Å². The van der Waals surface area contributed by atoms with E-state index in [1.807, 2.05) is 17.0 Å². The highest BCUT2D eigenvalue weighted by atomic mass is 35.5. The Morgan fingerprint density at radius 1 is 1.14 bits per heavy atom. The molecule has 2 N–H and O–H groups in total. The molecule has 4 nitrogen and oxygen atoms in total. The van der Waals surface area contributed by atoms with Crippen LogP contribution in [-0.2, 0) is 4.79 Å². The molecule has 0 aromatic heterocycles. The molecular weight excluding hydrogens is 288 g/mol. The summed E-state index contributed by atoms with van der Waals surface area (Å²) in [6, 6.07) is 7.54. The Bertz CT molecular complexity index is 464. The molecule has 2 aliphatic heterocycles. The van der Waals surface area contributed by atoms with Crippen molar-refractivity contribution in [2.45, 2.75) is 37.6 Å². The summed E-state index contributed by atoms with van der Waals surface area (Å²) < 4.78 is 0. The fourth-order valence-corrected chi connectivity index (χ4v) is 3.30. The van der Waals surface area contributed by atoms with Crippen molar-refractivity contribution in [3.8, 4) is 5.75 Å². The van der Waals surface area contributed by atoms with Crippen LogP contribution < -0.4 is 5.32 Å². The molecule has 1 atom stereocenters. The third-order valence-electron chi connectivity index (χ3n) is 4.53.